The van der Waals surface area contributed by atoms with Crippen LogP contribution < -0.4 is 0 Å². The summed E-state index contributed by atoms with van der Waals surface area (Å²) in [7, 11) is 0. The fraction of sp³-hybridized carbons (Fsp3) is 0.0638. The molecule has 0 radical (unpaired) electrons. The normalized spacial score (nSPS) is 13.6. The van der Waals surface area contributed by atoms with Gasteiger partial charge in [0.05, 0.1) is 33.5 Å². The molecule has 0 saturated carbocycles. The van der Waals surface area contributed by atoms with Crippen LogP contribution in [0.25, 0.3) is 93.4 Å². The van der Waals surface area contributed by atoms with E-state index >= 15 is 0 Å². The highest BCUT2D eigenvalue weighted by molar-refractivity contribution is 6.35. The van der Waals surface area contributed by atoms with Crippen molar-refractivity contribution in [1.29, 1.82) is 0 Å². The summed E-state index contributed by atoms with van der Waals surface area (Å²) in [5.41, 5.74) is 11.8. The highest BCUT2D eigenvalue weighted by Gasteiger charge is 2.35. The molecular formula is C47H31N3. The van der Waals surface area contributed by atoms with Gasteiger partial charge in [0, 0.05) is 33.0 Å². The Hall–Kier alpha value is -6.32. The first kappa shape index (κ1) is 27.6. The van der Waals surface area contributed by atoms with Crippen LogP contribution in [0.5, 0.6) is 0 Å². The first-order valence-electron chi connectivity index (χ1n) is 17.4. The predicted molar refractivity (Wildman–Crippen MR) is 209 cm³/mol. The maximum Gasteiger partial charge on any atom is 0.0973 e. The molecule has 3 heteroatoms. The Kier molecular flexibility index (Phi) is 5.45. The van der Waals surface area contributed by atoms with Gasteiger partial charge in [0.2, 0.25) is 0 Å². The van der Waals surface area contributed by atoms with E-state index in [0.717, 1.165) is 39.2 Å². The molecule has 8 aromatic carbocycles. The number of hydrogen-bond donors (Lipinski definition) is 0. The van der Waals surface area contributed by atoms with Crippen molar-refractivity contribution < 1.29 is 0 Å². The number of fused-ring (bicyclic) bond motifs is 4. The highest BCUT2D eigenvalue weighted by atomic mass is 15.0. The molecule has 1 aliphatic carbocycles. The van der Waals surface area contributed by atoms with Gasteiger partial charge in [-0.15, -0.1) is 0 Å². The second-order valence-electron chi connectivity index (χ2n) is 14.1. The van der Waals surface area contributed by atoms with E-state index in [9.17, 15) is 0 Å². The Morgan fingerprint density at radius 2 is 0.980 bits per heavy atom. The predicted octanol–water partition coefficient (Wildman–Crippen LogP) is 12.2. The van der Waals surface area contributed by atoms with Crippen molar-refractivity contribution >= 4 is 65.2 Å². The lowest BCUT2D eigenvalue weighted by atomic mass is 9.81. The lowest BCUT2D eigenvalue weighted by Crippen LogP contribution is -2.15. The molecule has 234 valence electrons. The van der Waals surface area contributed by atoms with Crippen LogP contribution in [0, 0.1) is 0 Å². The molecule has 0 spiro atoms. The SMILES string of the molecule is CC1(C)c2cccc3c4ccccc4c4cccc5c4c4c(c1ccc4n5-c1ccc4nc(-c5ccccc5)c(-c5ccccc5)nc4c1)c23. The fourth-order valence-corrected chi connectivity index (χ4v) is 8.87. The standard InChI is InChI=1S/C47H31N3/c1-47(2)35-21-11-19-33-31-17-9-10-18-32(31)34-20-12-22-39-42(34)44-40(26-24-36(47)43(44)41(33)35)50(39)30-23-25-37-38(27-30)49-46(29-15-7-4-8-16-29)45(48-37)28-13-5-3-6-14-28/h3-27H,1-2H3. The number of nitrogens with zero attached hydrogens (tertiary/aromatic N) is 3. The van der Waals surface area contributed by atoms with Crippen LogP contribution in [0.4, 0.5) is 0 Å². The second-order valence-corrected chi connectivity index (χ2v) is 14.1. The summed E-state index contributed by atoms with van der Waals surface area (Å²) in [5, 5.41) is 10.5. The molecule has 2 aromatic heterocycles. The van der Waals surface area contributed by atoms with Crippen molar-refractivity contribution in [2.75, 3.05) is 0 Å². The molecule has 0 aliphatic heterocycles. The number of benzene rings is 7. The smallest absolute Gasteiger partial charge is 0.0973 e. The van der Waals surface area contributed by atoms with Crippen LogP contribution in [0.15, 0.2) is 152 Å². The van der Waals surface area contributed by atoms with Crippen molar-refractivity contribution in [3.63, 3.8) is 0 Å². The summed E-state index contributed by atoms with van der Waals surface area (Å²) in [4.78, 5) is 10.6. The second kappa shape index (κ2) is 9.87. The molecule has 1 aliphatic rings. The summed E-state index contributed by atoms with van der Waals surface area (Å²) in [6.45, 7) is 4.76. The number of rotatable bonds is 3. The molecular weight excluding hydrogens is 607 g/mol. The summed E-state index contributed by atoms with van der Waals surface area (Å²) in [6.07, 6.45) is 0. The molecule has 0 fully saturated rings. The van der Waals surface area contributed by atoms with Gasteiger partial charge in [-0.3, -0.25) is 0 Å². The Morgan fingerprint density at radius 1 is 0.420 bits per heavy atom. The van der Waals surface area contributed by atoms with E-state index in [-0.39, 0.29) is 5.41 Å². The van der Waals surface area contributed by atoms with E-state index in [1.165, 1.54) is 65.3 Å². The molecule has 11 rings (SSSR count). The molecule has 3 nitrogen and oxygen atoms in total. The van der Waals surface area contributed by atoms with Gasteiger partial charge in [-0.2, -0.15) is 0 Å². The van der Waals surface area contributed by atoms with Gasteiger partial charge in [0.1, 0.15) is 0 Å². The largest absolute Gasteiger partial charge is 0.309 e. The highest BCUT2D eigenvalue weighted by Crippen LogP contribution is 2.53. The molecule has 0 unspecified atom stereocenters. The minimum atomic E-state index is -0.111. The summed E-state index contributed by atoms with van der Waals surface area (Å²) in [5.74, 6) is 0. The van der Waals surface area contributed by atoms with Crippen molar-refractivity contribution in [2.24, 2.45) is 0 Å². The van der Waals surface area contributed by atoms with E-state index in [0.29, 0.717) is 0 Å². The summed E-state index contributed by atoms with van der Waals surface area (Å²) in [6, 6.07) is 54.7. The van der Waals surface area contributed by atoms with E-state index in [2.05, 4.69) is 158 Å². The molecule has 0 saturated heterocycles. The zero-order valence-electron chi connectivity index (χ0n) is 27.8. The van der Waals surface area contributed by atoms with Gasteiger partial charge in [0.25, 0.3) is 0 Å². The van der Waals surface area contributed by atoms with Crippen LogP contribution >= 0.6 is 0 Å². The zero-order chi connectivity index (χ0) is 33.1. The summed E-state index contributed by atoms with van der Waals surface area (Å²) >= 11 is 0. The maximum atomic E-state index is 5.36. The number of aromatic nitrogens is 3. The van der Waals surface area contributed by atoms with Crippen LogP contribution in [0.1, 0.15) is 25.0 Å². The van der Waals surface area contributed by atoms with Crippen LogP contribution in [0.2, 0.25) is 0 Å². The van der Waals surface area contributed by atoms with Crippen molar-refractivity contribution in [2.45, 2.75) is 19.3 Å². The third kappa shape index (κ3) is 3.59. The van der Waals surface area contributed by atoms with Crippen LogP contribution in [-0.4, -0.2) is 14.5 Å². The minimum Gasteiger partial charge on any atom is -0.309 e. The third-order valence-electron chi connectivity index (χ3n) is 11.1. The van der Waals surface area contributed by atoms with E-state index in [4.69, 9.17) is 9.97 Å². The topological polar surface area (TPSA) is 30.7 Å². The maximum absolute atomic E-state index is 5.36. The van der Waals surface area contributed by atoms with Gasteiger partial charge in [0.15, 0.2) is 0 Å². The summed E-state index contributed by atoms with van der Waals surface area (Å²) < 4.78 is 2.45. The molecule has 0 N–H and O–H groups in total. The Labute approximate surface area is 289 Å². The molecule has 50 heavy (non-hydrogen) atoms. The van der Waals surface area contributed by atoms with Gasteiger partial charge < -0.3 is 4.57 Å². The molecule has 0 amide bonds. The lowest BCUT2D eigenvalue weighted by molar-refractivity contribution is 0.663. The van der Waals surface area contributed by atoms with Gasteiger partial charge in [-0.1, -0.05) is 135 Å². The van der Waals surface area contributed by atoms with Crippen molar-refractivity contribution in [3.8, 4) is 28.2 Å². The minimum absolute atomic E-state index is 0.111. The Balaban J connectivity index is 1.28. The molecule has 0 bridgehead atoms. The van der Waals surface area contributed by atoms with Gasteiger partial charge in [-0.05, 0) is 73.8 Å². The zero-order valence-corrected chi connectivity index (χ0v) is 27.8. The quantitative estimate of drug-likeness (QED) is 0.193. The number of hydrogen-bond acceptors (Lipinski definition) is 2. The lowest BCUT2D eigenvalue weighted by Gasteiger charge is -2.22. The fourth-order valence-electron chi connectivity index (χ4n) is 8.87. The molecule has 0 atom stereocenters. The average molecular weight is 638 g/mol. The third-order valence-corrected chi connectivity index (χ3v) is 11.1. The van der Waals surface area contributed by atoms with E-state index in [1.807, 2.05) is 12.1 Å². The average Bonchev–Trinajstić information content (AvgIpc) is 3.63. The first-order valence-corrected chi connectivity index (χ1v) is 17.4. The Bertz CT molecular complexity index is 3040. The first-order chi connectivity index (χ1) is 24.6. The van der Waals surface area contributed by atoms with E-state index in [1.54, 1.807) is 0 Å². The Morgan fingerprint density at radius 3 is 1.68 bits per heavy atom. The van der Waals surface area contributed by atoms with Crippen molar-refractivity contribution in [1.82, 2.24) is 14.5 Å². The van der Waals surface area contributed by atoms with Gasteiger partial charge in [-0.25, -0.2) is 9.97 Å². The van der Waals surface area contributed by atoms with Crippen molar-refractivity contribution in [3.05, 3.63) is 163 Å². The van der Waals surface area contributed by atoms with Gasteiger partial charge >= 0.3 is 0 Å². The monoisotopic (exact) mass is 637 g/mol. The molecule has 10 aromatic rings. The van der Waals surface area contributed by atoms with Crippen LogP contribution in [0.3, 0.4) is 0 Å². The van der Waals surface area contributed by atoms with E-state index < -0.39 is 0 Å². The van der Waals surface area contributed by atoms with Crippen LogP contribution in [-0.2, 0) is 5.41 Å². The molecule has 2 heterocycles.